The Morgan fingerprint density at radius 3 is 2.26 bits per heavy atom. The molecule has 1 aliphatic rings. The molecule has 0 saturated carbocycles. The predicted octanol–water partition coefficient (Wildman–Crippen LogP) is 4.70. The van der Waals surface area contributed by atoms with Crippen molar-refractivity contribution in [3.05, 3.63) is 58.5 Å². The van der Waals surface area contributed by atoms with Crippen LogP contribution in [0, 0.1) is 0 Å². The van der Waals surface area contributed by atoms with Crippen LogP contribution < -0.4 is 5.32 Å². The zero-order chi connectivity index (χ0) is 20.2. The second-order valence-electron chi connectivity index (χ2n) is 6.98. The smallest absolute Gasteiger partial charge is 0.125 e. The summed E-state index contributed by atoms with van der Waals surface area (Å²) in [6.07, 6.45) is 12.2. The monoisotopic (exact) mass is 368 g/mol. The fraction of sp³-hybridized carbons (Fsp3) is 0.478. The average Bonchev–Trinajstić information content (AvgIpc) is 2.67. The molecule has 4 nitrogen and oxygen atoms in total. The number of hydrogen-bond donors (Lipinski definition) is 1. The molecule has 1 heterocycles. The van der Waals surface area contributed by atoms with Gasteiger partial charge in [0.2, 0.25) is 0 Å². The third-order valence-electron chi connectivity index (χ3n) is 4.77. The Bertz CT molecular complexity index is 668. The van der Waals surface area contributed by atoms with E-state index in [4.69, 9.17) is 0 Å². The number of piperidine rings is 1. The van der Waals surface area contributed by atoms with Crippen molar-refractivity contribution in [3.63, 3.8) is 0 Å². The lowest BCUT2D eigenvalue weighted by molar-refractivity contribution is 0.246. The maximum Gasteiger partial charge on any atom is 0.125 e. The SMILES string of the molecule is C=N\C(=C/C(=C/C(=C\C)C(C=NC)=C(C)CN1CCCCC1)C(=C)C)NC. The summed E-state index contributed by atoms with van der Waals surface area (Å²) < 4.78 is 0. The van der Waals surface area contributed by atoms with Crippen LogP contribution in [0.2, 0.25) is 0 Å². The standard InChI is InChI=1S/C23H36N4/c1-8-20(14-21(18(2)3)15-23(25-6)26-7)22(16-24-5)19(4)17-27-12-10-9-11-13-27/h8,14-16,26H,2,6,9-13,17H2,1,3-5,7H3/b20-8+,21-14-,22-19?,23-15+,24-16?. The van der Waals surface area contributed by atoms with Crippen LogP contribution in [0.15, 0.2) is 68.5 Å². The van der Waals surface area contributed by atoms with E-state index in [1.54, 1.807) is 0 Å². The van der Waals surface area contributed by atoms with E-state index in [0.29, 0.717) is 0 Å². The Hall–Kier alpha value is -2.20. The molecule has 0 unspecified atom stereocenters. The van der Waals surface area contributed by atoms with Gasteiger partial charge in [0, 0.05) is 26.9 Å². The van der Waals surface area contributed by atoms with E-state index in [1.807, 2.05) is 33.3 Å². The minimum atomic E-state index is 0.722. The van der Waals surface area contributed by atoms with Gasteiger partial charge in [0.25, 0.3) is 0 Å². The lowest BCUT2D eigenvalue weighted by Crippen LogP contribution is -2.31. The van der Waals surface area contributed by atoms with Gasteiger partial charge in [0.1, 0.15) is 5.82 Å². The molecule has 27 heavy (non-hydrogen) atoms. The van der Waals surface area contributed by atoms with Gasteiger partial charge in [-0.15, -0.1) is 0 Å². The van der Waals surface area contributed by atoms with Crippen molar-refractivity contribution < 1.29 is 0 Å². The van der Waals surface area contributed by atoms with E-state index in [1.165, 1.54) is 43.5 Å². The fourth-order valence-electron chi connectivity index (χ4n) is 3.21. The average molecular weight is 369 g/mol. The molecule has 0 spiro atoms. The van der Waals surface area contributed by atoms with E-state index < -0.39 is 0 Å². The van der Waals surface area contributed by atoms with Crippen molar-refractivity contribution in [1.82, 2.24) is 10.2 Å². The molecule has 4 heteroatoms. The quantitative estimate of drug-likeness (QED) is 0.473. The van der Waals surface area contributed by atoms with Gasteiger partial charge in [-0.05, 0) is 87.9 Å². The first-order chi connectivity index (χ1) is 13.0. The van der Waals surface area contributed by atoms with Crippen LogP contribution in [0.1, 0.15) is 40.0 Å². The zero-order valence-electron chi connectivity index (χ0n) is 17.8. The Labute approximate surface area is 165 Å². The van der Waals surface area contributed by atoms with Gasteiger partial charge in [-0.25, -0.2) is 4.99 Å². The van der Waals surface area contributed by atoms with Crippen LogP contribution in [0.5, 0.6) is 0 Å². The summed E-state index contributed by atoms with van der Waals surface area (Å²) >= 11 is 0. The van der Waals surface area contributed by atoms with E-state index in [2.05, 4.69) is 59.5 Å². The summed E-state index contributed by atoms with van der Waals surface area (Å²) in [7, 11) is 3.66. The van der Waals surface area contributed by atoms with Crippen molar-refractivity contribution in [2.45, 2.75) is 40.0 Å². The summed E-state index contributed by atoms with van der Waals surface area (Å²) in [5, 5.41) is 3.05. The lowest BCUT2D eigenvalue weighted by Gasteiger charge is -2.27. The van der Waals surface area contributed by atoms with E-state index in [0.717, 1.165) is 29.1 Å². The van der Waals surface area contributed by atoms with Crippen molar-refractivity contribution in [2.75, 3.05) is 33.7 Å². The molecule has 1 N–H and O–H groups in total. The van der Waals surface area contributed by atoms with Crippen LogP contribution in [-0.4, -0.2) is 51.6 Å². The van der Waals surface area contributed by atoms with Crippen molar-refractivity contribution in [2.24, 2.45) is 9.98 Å². The number of nitrogens with one attached hydrogen (secondary N) is 1. The molecule has 1 saturated heterocycles. The van der Waals surface area contributed by atoms with Crippen molar-refractivity contribution in [3.8, 4) is 0 Å². The highest BCUT2D eigenvalue weighted by Gasteiger charge is 2.13. The number of likely N-dealkylation sites (tertiary alicyclic amines) is 1. The molecule has 1 aliphatic heterocycles. The highest BCUT2D eigenvalue weighted by atomic mass is 15.1. The summed E-state index contributed by atoms with van der Waals surface area (Å²) in [6.45, 7) is 17.4. The first-order valence-corrected chi connectivity index (χ1v) is 9.71. The maximum atomic E-state index is 4.31. The molecule has 1 rings (SSSR count). The molecule has 0 atom stereocenters. The molecule has 0 amide bonds. The molecule has 0 bridgehead atoms. The van der Waals surface area contributed by atoms with E-state index in [-0.39, 0.29) is 0 Å². The van der Waals surface area contributed by atoms with Crippen molar-refractivity contribution >= 4 is 12.9 Å². The maximum absolute atomic E-state index is 4.31. The van der Waals surface area contributed by atoms with Gasteiger partial charge in [0.15, 0.2) is 0 Å². The van der Waals surface area contributed by atoms with Gasteiger partial charge in [-0.2, -0.15) is 0 Å². The van der Waals surface area contributed by atoms with Crippen molar-refractivity contribution in [1.29, 1.82) is 0 Å². The molecule has 1 fully saturated rings. The molecular weight excluding hydrogens is 332 g/mol. The molecule has 0 aliphatic carbocycles. The number of rotatable bonds is 9. The highest BCUT2D eigenvalue weighted by molar-refractivity contribution is 5.87. The van der Waals surface area contributed by atoms with Crippen LogP contribution >= 0.6 is 0 Å². The molecule has 0 radical (unpaired) electrons. The molecule has 0 aromatic heterocycles. The highest BCUT2D eigenvalue weighted by Crippen LogP contribution is 2.22. The first kappa shape index (κ1) is 22.8. The van der Waals surface area contributed by atoms with E-state index in [9.17, 15) is 0 Å². The minimum Gasteiger partial charge on any atom is -0.373 e. The summed E-state index contributed by atoms with van der Waals surface area (Å²) in [4.78, 5) is 10.9. The summed E-state index contributed by atoms with van der Waals surface area (Å²) in [6, 6.07) is 0. The number of nitrogens with zero attached hydrogens (tertiary/aromatic N) is 3. The van der Waals surface area contributed by atoms with E-state index >= 15 is 0 Å². The van der Waals surface area contributed by atoms with Gasteiger partial charge < -0.3 is 5.32 Å². The summed E-state index contributed by atoms with van der Waals surface area (Å²) in [5.74, 6) is 0.722. The molecular formula is C23H36N4. The lowest BCUT2D eigenvalue weighted by atomic mass is 9.96. The Morgan fingerprint density at radius 2 is 1.78 bits per heavy atom. The third kappa shape index (κ3) is 7.51. The second-order valence-corrected chi connectivity index (χ2v) is 6.98. The van der Waals surface area contributed by atoms with Gasteiger partial charge in [0.05, 0.1) is 0 Å². The van der Waals surface area contributed by atoms with Crippen LogP contribution in [-0.2, 0) is 0 Å². The Balaban J connectivity index is 3.28. The summed E-state index contributed by atoms with van der Waals surface area (Å²) in [5.41, 5.74) is 5.66. The third-order valence-corrected chi connectivity index (χ3v) is 4.77. The van der Waals surface area contributed by atoms with Gasteiger partial charge >= 0.3 is 0 Å². The second kappa shape index (κ2) is 12.2. The molecule has 148 valence electrons. The predicted molar refractivity (Wildman–Crippen MR) is 121 cm³/mol. The van der Waals surface area contributed by atoms with Crippen LogP contribution in [0.4, 0.5) is 0 Å². The van der Waals surface area contributed by atoms with Gasteiger partial charge in [-0.1, -0.05) is 24.6 Å². The van der Waals surface area contributed by atoms with Crippen LogP contribution in [0.3, 0.4) is 0 Å². The number of hydrogen-bond acceptors (Lipinski definition) is 4. The first-order valence-electron chi connectivity index (χ1n) is 9.71. The van der Waals surface area contributed by atoms with Gasteiger partial charge in [-0.3, -0.25) is 9.89 Å². The molecule has 0 aromatic rings. The topological polar surface area (TPSA) is 40.0 Å². The largest absolute Gasteiger partial charge is 0.373 e. The number of aliphatic imine (C=N–C) groups is 2. The minimum absolute atomic E-state index is 0.722. The Kier molecular flexibility index (Phi) is 10.3. The number of allylic oxidation sites excluding steroid dienone is 7. The molecule has 0 aromatic carbocycles. The Morgan fingerprint density at radius 1 is 1.11 bits per heavy atom. The zero-order valence-corrected chi connectivity index (χ0v) is 17.8. The van der Waals surface area contributed by atoms with Crippen LogP contribution in [0.25, 0.3) is 0 Å². The fourth-order valence-corrected chi connectivity index (χ4v) is 3.21. The normalized spacial score (nSPS) is 18.5.